The van der Waals surface area contributed by atoms with Crippen molar-refractivity contribution in [1.82, 2.24) is 9.88 Å². The van der Waals surface area contributed by atoms with Gasteiger partial charge in [-0.15, -0.1) is 0 Å². The Kier molecular flexibility index (Phi) is 5.66. The van der Waals surface area contributed by atoms with E-state index in [0.717, 1.165) is 38.5 Å². The number of carbonyl (C=O) groups is 1. The van der Waals surface area contributed by atoms with Gasteiger partial charge in [0.25, 0.3) is 0 Å². The summed E-state index contributed by atoms with van der Waals surface area (Å²) < 4.78 is 4.99. The van der Waals surface area contributed by atoms with Gasteiger partial charge in [0.2, 0.25) is 0 Å². The van der Waals surface area contributed by atoms with Gasteiger partial charge in [-0.3, -0.25) is 4.90 Å². The molecule has 3 rings (SSSR count). The van der Waals surface area contributed by atoms with Crippen LogP contribution in [-0.2, 0) is 11.3 Å². The van der Waals surface area contributed by atoms with Crippen molar-refractivity contribution in [2.24, 2.45) is 0 Å². The zero-order chi connectivity index (χ0) is 17.6. The molecule has 0 atom stereocenters. The Hall–Kier alpha value is -2.40. The second-order valence-electron chi connectivity index (χ2n) is 6.38. The SMILES string of the molecule is CCOC(=O)c1ccc(N2CCN(Cc3cccc(C)c3)CC2)nc1. The van der Waals surface area contributed by atoms with Crippen LogP contribution in [0.3, 0.4) is 0 Å². The Morgan fingerprint density at radius 3 is 2.60 bits per heavy atom. The topological polar surface area (TPSA) is 45.7 Å². The van der Waals surface area contributed by atoms with Crippen LogP contribution >= 0.6 is 0 Å². The van der Waals surface area contributed by atoms with Crippen molar-refractivity contribution in [1.29, 1.82) is 0 Å². The maximum absolute atomic E-state index is 11.7. The molecule has 0 unspecified atom stereocenters. The van der Waals surface area contributed by atoms with Gasteiger partial charge in [-0.25, -0.2) is 9.78 Å². The lowest BCUT2D eigenvalue weighted by Gasteiger charge is -2.35. The normalized spacial score (nSPS) is 15.2. The van der Waals surface area contributed by atoms with Gasteiger partial charge in [0.1, 0.15) is 5.82 Å². The molecule has 1 aliphatic rings. The number of nitrogens with zero attached hydrogens (tertiary/aromatic N) is 3. The molecule has 0 N–H and O–H groups in total. The minimum Gasteiger partial charge on any atom is -0.462 e. The van der Waals surface area contributed by atoms with Crippen LogP contribution in [0.25, 0.3) is 0 Å². The predicted octanol–water partition coefficient (Wildman–Crippen LogP) is 2.89. The first-order chi connectivity index (χ1) is 12.2. The summed E-state index contributed by atoms with van der Waals surface area (Å²) in [7, 11) is 0. The van der Waals surface area contributed by atoms with E-state index >= 15 is 0 Å². The zero-order valence-corrected chi connectivity index (χ0v) is 14.9. The van der Waals surface area contributed by atoms with Crippen molar-refractivity contribution in [2.75, 3.05) is 37.7 Å². The number of esters is 1. The van der Waals surface area contributed by atoms with E-state index < -0.39 is 0 Å². The van der Waals surface area contributed by atoms with Crippen molar-refractivity contribution < 1.29 is 9.53 Å². The average Bonchev–Trinajstić information content (AvgIpc) is 2.63. The fourth-order valence-corrected chi connectivity index (χ4v) is 3.11. The van der Waals surface area contributed by atoms with Crippen LogP contribution in [0.5, 0.6) is 0 Å². The van der Waals surface area contributed by atoms with E-state index in [4.69, 9.17) is 4.74 Å². The third kappa shape index (κ3) is 4.57. The number of hydrogen-bond donors (Lipinski definition) is 0. The fourth-order valence-electron chi connectivity index (χ4n) is 3.11. The number of pyridine rings is 1. The second kappa shape index (κ2) is 8.12. The molecule has 1 aromatic heterocycles. The molecule has 1 aromatic carbocycles. The molecule has 25 heavy (non-hydrogen) atoms. The number of hydrogen-bond acceptors (Lipinski definition) is 5. The molecular weight excluding hydrogens is 314 g/mol. The standard InChI is InChI=1S/C20H25N3O2/c1-3-25-20(24)18-7-8-19(21-14-18)23-11-9-22(10-12-23)15-17-6-4-5-16(2)13-17/h4-8,13-14H,3,9-12,15H2,1-2H3. The molecule has 1 saturated heterocycles. The molecule has 0 spiro atoms. The summed E-state index contributed by atoms with van der Waals surface area (Å²) in [6, 6.07) is 12.4. The van der Waals surface area contributed by atoms with Crippen molar-refractivity contribution in [3.63, 3.8) is 0 Å². The van der Waals surface area contributed by atoms with Crippen molar-refractivity contribution in [3.8, 4) is 0 Å². The molecule has 0 bridgehead atoms. The molecule has 0 amide bonds. The maximum Gasteiger partial charge on any atom is 0.339 e. The lowest BCUT2D eigenvalue weighted by Crippen LogP contribution is -2.46. The zero-order valence-electron chi connectivity index (χ0n) is 14.9. The summed E-state index contributed by atoms with van der Waals surface area (Å²) in [5.41, 5.74) is 3.18. The van der Waals surface area contributed by atoms with Crippen LogP contribution in [-0.4, -0.2) is 48.6 Å². The van der Waals surface area contributed by atoms with E-state index in [1.165, 1.54) is 11.1 Å². The number of aryl methyl sites for hydroxylation is 1. The number of benzene rings is 1. The third-order valence-electron chi connectivity index (χ3n) is 4.44. The molecule has 0 saturated carbocycles. The Balaban J connectivity index is 1.54. The first-order valence-electron chi connectivity index (χ1n) is 8.81. The average molecular weight is 339 g/mol. The molecule has 132 valence electrons. The number of piperazine rings is 1. The van der Waals surface area contributed by atoms with Gasteiger partial charge in [0, 0.05) is 38.9 Å². The summed E-state index contributed by atoms with van der Waals surface area (Å²) in [5, 5.41) is 0. The number of rotatable bonds is 5. The quantitative estimate of drug-likeness (QED) is 0.784. The van der Waals surface area contributed by atoms with Crippen LogP contribution in [0.1, 0.15) is 28.4 Å². The Morgan fingerprint density at radius 1 is 1.16 bits per heavy atom. The van der Waals surface area contributed by atoms with Crippen LogP contribution in [0.4, 0.5) is 5.82 Å². The molecule has 0 radical (unpaired) electrons. The molecule has 1 aliphatic heterocycles. The van der Waals surface area contributed by atoms with E-state index in [1.807, 2.05) is 6.07 Å². The highest BCUT2D eigenvalue weighted by atomic mass is 16.5. The summed E-state index contributed by atoms with van der Waals surface area (Å²) in [4.78, 5) is 20.9. The van der Waals surface area contributed by atoms with Crippen molar-refractivity contribution >= 4 is 11.8 Å². The Labute approximate surface area is 149 Å². The van der Waals surface area contributed by atoms with Crippen LogP contribution in [0.2, 0.25) is 0 Å². The largest absolute Gasteiger partial charge is 0.462 e. The summed E-state index contributed by atoms with van der Waals surface area (Å²) in [6.07, 6.45) is 1.60. The van der Waals surface area contributed by atoms with Gasteiger partial charge in [-0.1, -0.05) is 29.8 Å². The molecule has 5 heteroatoms. The van der Waals surface area contributed by atoms with Crippen LogP contribution in [0, 0.1) is 6.92 Å². The minimum atomic E-state index is -0.315. The van der Waals surface area contributed by atoms with Crippen LogP contribution in [0.15, 0.2) is 42.6 Å². The highest BCUT2D eigenvalue weighted by Crippen LogP contribution is 2.16. The molecule has 5 nitrogen and oxygen atoms in total. The highest BCUT2D eigenvalue weighted by molar-refractivity contribution is 5.89. The Morgan fingerprint density at radius 2 is 1.96 bits per heavy atom. The number of ether oxygens (including phenoxy) is 1. The molecule has 0 aliphatic carbocycles. The number of aromatic nitrogens is 1. The minimum absolute atomic E-state index is 0.315. The lowest BCUT2D eigenvalue weighted by molar-refractivity contribution is 0.0526. The van der Waals surface area contributed by atoms with E-state index in [9.17, 15) is 4.79 Å². The van der Waals surface area contributed by atoms with Crippen molar-refractivity contribution in [2.45, 2.75) is 20.4 Å². The predicted molar refractivity (Wildman–Crippen MR) is 98.9 cm³/mol. The summed E-state index contributed by atoms with van der Waals surface area (Å²) in [5.74, 6) is 0.604. The van der Waals surface area contributed by atoms with Gasteiger partial charge in [0.15, 0.2) is 0 Å². The lowest BCUT2D eigenvalue weighted by atomic mass is 10.1. The van der Waals surface area contributed by atoms with E-state index in [0.29, 0.717) is 12.2 Å². The van der Waals surface area contributed by atoms with Gasteiger partial charge in [0.05, 0.1) is 12.2 Å². The molecular formula is C20H25N3O2. The summed E-state index contributed by atoms with van der Waals surface area (Å²) >= 11 is 0. The smallest absolute Gasteiger partial charge is 0.339 e. The Bertz CT molecular complexity index is 707. The van der Waals surface area contributed by atoms with Gasteiger partial charge < -0.3 is 9.64 Å². The van der Waals surface area contributed by atoms with Crippen LogP contribution < -0.4 is 4.90 Å². The summed E-state index contributed by atoms with van der Waals surface area (Å²) in [6.45, 7) is 9.21. The molecule has 2 aromatic rings. The van der Waals surface area contributed by atoms with E-state index in [2.05, 4.69) is 46.0 Å². The second-order valence-corrected chi connectivity index (χ2v) is 6.38. The van der Waals surface area contributed by atoms with Gasteiger partial charge in [-0.05, 0) is 31.5 Å². The number of carbonyl (C=O) groups excluding carboxylic acids is 1. The fraction of sp³-hybridized carbons (Fsp3) is 0.400. The first kappa shape index (κ1) is 17.4. The number of anilines is 1. The molecule has 2 heterocycles. The monoisotopic (exact) mass is 339 g/mol. The maximum atomic E-state index is 11.7. The highest BCUT2D eigenvalue weighted by Gasteiger charge is 2.18. The van der Waals surface area contributed by atoms with Gasteiger partial charge in [-0.2, -0.15) is 0 Å². The van der Waals surface area contributed by atoms with E-state index in [1.54, 1.807) is 19.2 Å². The van der Waals surface area contributed by atoms with E-state index in [-0.39, 0.29) is 5.97 Å². The van der Waals surface area contributed by atoms with Crippen molar-refractivity contribution in [3.05, 3.63) is 59.3 Å². The first-order valence-corrected chi connectivity index (χ1v) is 8.81. The third-order valence-corrected chi connectivity index (χ3v) is 4.44. The molecule has 1 fully saturated rings. The van der Waals surface area contributed by atoms with Gasteiger partial charge >= 0.3 is 5.97 Å².